The maximum absolute atomic E-state index is 12.9. The van der Waals surface area contributed by atoms with Crippen molar-refractivity contribution >= 4 is 45.7 Å². The largest absolute Gasteiger partial charge is 0.387 e. The molecule has 1 fully saturated rings. The van der Waals surface area contributed by atoms with Gasteiger partial charge in [0.1, 0.15) is 36.2 Å². The molecule has 2 heterocycles. The number of aliphatic hydroxyl groups is 2. The predicted octanol–water partition coefficient (Wildman–Crippen LogP) is 3.06. The van der Waals surface area contributed by atoms with Crippen molar-refractivity contribution in [1.29, 1.82) is 5.26 Å². The zero-order chi connectivity index (χ0) is 16.9. The van der Waals surface area contributed by atoms with Gasteiger partial charge in [0.05, 0.1) is 21.1 Å². The van der Waals surface area contributed by atoms with Gasteiger partial charge in [0.25, 0.3) is 0 Å². The second kappa shape index (κ2) is 6.10. The van der Waals surface area contributed by atoms with Crippen LogP contribution in [0, 0.1) is 11.3 Å². The number of alkyl halides is 1. The molecular weight excluding hydrogens is 370 g/mol. The summed E-state index contributed by atoms with van der Waals surface area (Å²) >= 11 is 18.2. The quantitative estimate of drug-likeness (QED) is 0.840. The van der Waals surface area contributed by atoms with Crippen LogP contribution in [0.25, 0.3) is 10.9 Å². The van der Waals surface area contributed by atoms with Crippen molar-refractivity contribution in [3.63, 3.8) is 0 Å². The van der Waals surface area contributed by atoms with Gasteiger partial charge in [-0.3, -0.25) is 0 Å². The van der Waals surface area contributed by atoms with E-state index < -0.39 is 31.2 Å². The molecule has 2 aromatic rings. The Bertz CT molecular complexity index is 820. The third-order valence-electron chi connectivity index (χ3n) is 3.84. The molecule has 23 heavy (non-hydrogen) atoms. The minimum absolute atomic E-state index is 0.0170. The molecule has 0 bridgehead atoms. The molecule has 0 radical (unpaired) electrons. The van der Waals surface area contributed by atoms with Crippen LogP contribution >= 0.6 is 34.8 Å². The predicted molar refractivity (Wildman–Crippen MR) is 83.6 cm³/mol. The number of hydrogen-bond donors (Lipinski definition) is 2. The lowest BCUT2D eigenvalue weighted by Gasteiger charge is -2.19. The summed E-state index contributed by atoms with van der Waals surface area (Å²) in [6.07, 6.45) is -5.16. The molecule has 0 saturated carbocycles. The molecule has 1 aromatic heterocycles. The van der Waals surface area contributed by atoms with E-state index in [9.17, 15) is 19.9 Å². The first-order valence-electron chi connectivity index (χ1n) is 6.56. The summed E-state index contributed by atoms with van der Waals surface area (Å²) in [5, 5.41) is 30.1. The summed E-state index contributed by atoms with van der Waals surface area (Å²) in [5.74, 6) is 0. The maximum atomic E-state index is 12.9. The summed E-state index contributed by atoms with van der Waals surface area (Å²) in [7, 11) is 0. The zero-order valence-corrected chi connectivity index (χ0v) is 13.6. The number of aromatic nitrogens is 1. The van der Waals surface area contributed by atoms with Gasteiger partial charge in [-0.1, -0.05) is 34.8 Å². The Labute approximate surface area is 145 Å². The summed E-state index contributed by atoms with van der Waals surface area (Å²) in [5.41, 5.74) is 0.505. The van der Waals surface area contributed by atoms with E-state index in [-0.39, 0.29) is 20.8 Å². The zero-order valence-electron chi connectivity index (χ0n) is 11.4. The first-order valence-corrected chi connectivity index (χ1v) is 7.70. The van der Waals surface area contributed by atoms with E-state index >= 15 is 0 Å². The molecule has 3 rings (SSSR count). The summed E-state index contributed by atoms with van der Waals surface area (Å²) in [6.45, 7) is -0.969. The highest BCUT2D eigenvalue weighted by molar-refractivity contribution is 6.43. The van der Waals surface area contributed by atoms with Crippen LogP contribution < -0.4 is 0 Å². The number of benzene rings is 1. The number of ether oxygens (including phenoxy) is 1. The fourth-order valence-corrected chi connectivity index (χ4v) is 3.35. The molecule has 1 saturated heterocycles. The number of nitrogens with zero attached hydrogens (tertiary/aromatic N) is 2. The second-order valence-corrected chi connectivity index (χ2v) is 6.30. The van der Waals surface area contributed by atoms with Crippen LogP contribution in [0.4, 0.5) is 4.39 Å². The van der Waals surface area contributed by atoms with Crippen LogP contribution in [0.15, 0.2) is 12.1 Å². The number of nitriles is 1. The molecular formula is C14H10Cl3FN2O3. The Morgan fingerprint density at radius 3 is 2.43 bits per heavy atom. The molecule has 1 aliphatic heterocycles. The molecule has 9 heteroatoms. The molecule has 1 aliphatic rings. The van der Waals surface area contributed by atoms with E-state index in [1.165, 1.54) is 16.7 Å². The summed E-state index contributed by atoms with van der Waals surface area (Å²) < 4.78 is 19.5. The average Bonchev–Trinajstić information content (AvgIpc) is 2.94. The molecule has 2 unspecified atom stereocenters. The minimum Gasteiger partial charge on any atom is -0.387 e. The molecule has 5 nitrogen and oxygen atoms in total. The normalized spacial score (nSPS) is 27.5. The van der Waals surface area contributed by atoms with Gasteiger partial charge in [0.15, 0.2) is 6.23 Å². The number of halogens is 4. The molecule has 122 valence electrons. The van der Waals surface area contributed by atoms with E-state index in [1.54, 1.807) is 0 Å². The topological polar surface area (TPSA) is 78.4 Å². The van der Waals surface area contributed by atoms with Gasteiger partial charge >= 0.3 is 0 Å². The van der Waals surface area contributed by atoms with E-state index in [4.69, 9.17) is 39.5 Å². The van der Waals surface area contributed by atoms with Crippen LogP contribution in [0.2, 0.25) is 15.2 Å². The van der Waals surface area contributed by atoms with Crippen LogP contribution in [-0.2, 0) is 4.74 Å². The van der Waals surface area contributed by atoms with Crippen molar-refractivity contribution in [3.8, 4) is 6.07 Å². The van der Waals surface area contributed by atoms with Gasteiger partial charge in [0, 0.05) is 5.39 Å². The number of rotatable bonds is 2. The van der Waals surface area contributed by atoms with Crippen molar-refractivity contribution in [2.75, 3.05) is 6.67 Å². The summed E-state index contributed by atoms with van der Waals surface area (Å²) in [4.78, 5) is 0. The maximum Gasteiger partial charge on any atom is 0.164 e. The minimum atomic E-state index is -1.41. The van der Waals surface area contributed by atoms with Crippen molar-refractivity contribution < 1.29 is 19.3 Å². The van der Waals surface area contributed by atoms with Gasteiger partial charge in [0.2, 0.25) is 0 Å². The Morgan fingerprint density at radius 1 is 1.22 bits per heavy atom. The molecule has 0 amide bonds. The fraction of sp³-hybridized carbons (Fsp3) is 0.357. The molecule has 2 N–H and O–H groups in total. The summed E-state index contributed by atoms with van der Waals surface area (Å²) in [6, 6.07) is 4.90. The van der Waals surface area contributed by atoms with Crippen molar-refractivity contribution in [2.45, 2.75) is 24.5 Å². The van der Waals surface area contributed by atoms with E-state index in [0.29, 0.717) is 10.9 Å². The monoisotopic (exact) mass is 378 g/mol. The Kier molecular flexibility index (Phi) is 4.45. The van der Waals surface area contributed by atoms with Gasteiger partial charge in [-0.25, -0.2) is 4.39 Å². The van der Waals surface area contributed by atoms with E-state index in [0.717, 1.165) is 0 Å². The number of hydrogen-bond acceptors (Lipinski definition) is 4. The van der Waals surface area contributed by atoms with Crippen LogP contribution in [0.1, 0.15) is 11.8 Å². The highest BCUT2D eigenvalue weighted by atomic mass is 35.5. The second-order valence-electron chi connectivity index (χ2n) is 5.13. The standard InChI is InChI=1S/C14H10Cl3FN2O3/c15-7-1-5-6(4-19)13(17)20(9(5)2-8(7)16)14-12(22)11(21)10(3-18)23-14/h1-2,10-12,14,21-22H,3H2/t10-,11?,12?,14-/m1/s1. The van der Waals surface area contributed by atoms with Crippen LogP contribution in [-0.4, -0.2) is 39.8 Å². The molecule has 0 aliphatic carbocycles. The highest BCUT2D eigenvalue weighted by Crippen LogP contribution is 2.41. The van der Waals surface area contributed by atoms with Gasteiger partial charge in [-0.2, -0.15) is 5.26 Å². The van der Waals surface area contributed by atoms with Crippen molar-refractivity contribution in [1.82, 2.24) is 4.57 Å². The first-order chi connectivity index (χ1) is 10.9. The molecule has 0 spiro atoms. The first kappa shape index (κ1) is 16.8. The van der Waals surface area contributed by atoms with E-state index in [2.05, 4.69) is 0 Å². The van der Waals surface area contributed by atoms with E-state index in [1.807, 2.05) is 6.07 Å². The SMILES string of the molecule is N#Cc1c(Cl)n([C@@H]2O[C@H](CF)C(O)C2O)c2cc(Cl)c(Cl)cc12. The van der Waals surface area contributed by atoms with Gasteiger partial charge < -0.3 is 19.5 Å². The number of aliphatic hydroxyl groups excluding tert-OH is 2. The fourth-order valence-electron chi connectivity index (χ4n) is 2.70. The Balaban J connectivity index is 2.24. The Morgan fingerprint density at radius 2 is 1.87 bits per heavy atom. The third-order valence-corrected chi connectivity index (χ3v) is 4.93. The average molecular weight is 380 g/mol. The Hall–Kier alpha value is -1.07. The molecule has 1 aromatic carbocycles. The van der Waals surface area contributed by atoms with Gasteiger partial charge in [-0.15, -0.1) is 0 Å². The van der Waals surface area contributed by atoms with Crippen LogP contribution in [0.5, 0.6) is 0 Å². The van der Waals surface area contributed by atoms with Crippen LogP contribution in [0.3, 0.4) is 0 Å². The third kappa shape index (κ3) is 2.49. The van der Waals surface area contributed by atoms with Gasteiger partial charge in [-0.05, 0) is 12.1 Å². The number of fused-ring (bicyclic) bond motifs is 1. The lowest BCUT2D eigenvalue weighted by molar-refractivity contribution is -0.0402. The molecule has 4 atom stereocenters. The lowest BCUT2D eigenvalue weighted by atomic mass is 10.1. The highest BCUT2D eigenvalue weighted by Gasteiger charge is 2.45. The van der Waals surface area contributed by atoms with Crippen molar-refractivity contribution in [3.05, 3.63) is 32.9 Å². The van der Waals surface area contributed by atoms with Crippen molar-refractivity contribution in [2.24, 2.45) is 0 Å². The lowest BCUT2D eigenvalue weighted by Crippen LogP contribution is -2.32. The smallest absolute Gasteiger partial charge is 0.164 e.